The van der Waals surface area contributed by atoms with Crippen molar-refractivity contribution in [3.8, 4) is 0 Å². The molecule has 2 unspecified atom stereocenters. The molecule has 7 aliphatic rings. The summed E-state index contributed by atoms with van der Waals surface area (Å²) in [5.41, 5.74) is -0.775. The second-order valence-electron chi connectivity index (χ2n) is 9.55. The van der Waals surface area contributed by atoms with E-state index in [1.165, 1.54) is 6.42 Å². The highest BCUT2D eigenvalue weighted by Crippen LogP contribution is 2.63. The van der Waals surface area contributed by atoms with E-state index in [2.05, 4.69) is 5.32 Å². The molecule has 0 spiro atoms. The van der Waals surface area contributed by atoms with Crippen LogP contribution in [0.5, 0.6) is 0 Å². The fraction of sp³-hybridized carbons (Fsp3) is 0.889. The van der Waals surface area contributed by atoms with Gasteiger partial charge in [0.15, 0.2) is 0 Å². The van der Waals surface area contributed by atoms with E-state index in [4.69, 9.17) is 0 Å². The van der Waals surface area contributed by atoms with Crippen LogP contribution in [0.1, 0.15) is 51.4 Å². The van der Waals surface area contributed by atoms with E-state index in [-0.39, 0.29) is 41.7 Å². The number of hydrogen-bond acceptors (Lipinski definition) is 3. The molecule has 132 valence electrons. The zero-order valence-electron chi connectivity index (χ0n) is 13.7. The highest BCUT2D eigenvalue weighted by Gasteiger charge is 2.66. The number of rotatable bonds is 1. The number of fused-ring (bicyclic) bond motifs is 3. The smallest absolute Gasteiger partial charge is 0.246 e. The van der Waals surface area contributed by atoms with Crippen molar-refractivity contribution in [1.82, 2.24) is 10.2 Å². The van der Waals surface area contributed by atoms with Crippen molar-refractivity contribution in [2.75, 3.05) is 0 Å². The van der Waals surface area contributed by atoms with Crippen molar-refractivity contribution >= 4 is 24.2 Å². The molecule has 8 atom stereocenters. The van der Waals surface area contributed by atoms with Crippen LogP contribution < -0.4 is 5.32 Å². The average molecular weight is 353 g/mol. The molecular weight excluding hydrogens is 328 g/mol. The summed E-state index contributed by atoms with van der Waals surface area (Å²) >= 11 is 0. The Morgan fingerprint density at radius 3 is 2.42 bits per heavy atom. The van der Waals surface area contributed by atoms with Crippen LogP contribution >= 0.6 is 12.4 Å². The number of aliphatic hydroxyl groups is 1. The topological polar surface area (TPSA) is 69.6 Å². The summed E-state index contributed by atoms with van der Waals surface area (Å²) in [7, 11) is 0. The van der Waals surface area contributed by atoms with E-state index in [0.717, 1.165) is 38.5 Å². The first kappa shape index (κ1) is 15.4. The minimum Gasteiger partial charge on any atom is -0.390 e. The van der Waals surface area contributed by atoms with Gasteiger partial charge in [-0.15, -0.1) is 12.4 Å². The number of nitrogens with zero attached hydrogens (tertiary/aromatic N) is 1. The number of hydrogen-bond donors (Lipinski definition) is 2. The second kappa shape index (κ2) is 4.47. The number of nitrogens with one attached hydrogen (secondary N) is 1. The molecule has 7 rings (SSSR count). The van der Waals surface area contributed by atoms with Crippen LogP contribution in [0.2, 0.25) is 0 Å². The number of piperidine rings is 1. The second-order valence-corrected chi connectivity index (χ2v) is 9.55. The SMILES string of the molecule is Cl.O=C1N[C@@H](C23C[C@@H]4C[C@@H](CC(O)(C4)C2)C3)C(=O)N2[C@@H]1C[C@@H]1C[C@@H]12. The molecule has 5 saturated carbocycles. The number of amides is 2. The van der Waals surface area contributed by atoms with E-state index in [1.807, 2.05) is 4.90 Å². The number of piperazine rings is 1. The monoisotopic (exact) mass is 352 g/mol. The van der Waals surface area contributed by atoms with Crippen molar-refractivity contribution in [1.29, 1.82) is 0 Å². The minimum atomic E-state index is -0.584. The van der Waals surface area contributed by atoms with Crippen LogP contribution in [-0.2, 0) is 9.59 Å². The molecule has 7 fully saturated rings. The van der Waals surface area contributed by atoms with E-state index < -0.39 is 5.60 Å². The van der Waals surface area contributed by atoms with E-state index in [0.29, 0.717) is 30.2 Å². The fourth-order valence-corrected chi connectivity index (χ4v) is 7.49. The lowest BCUT2D eigenvalue weighted by Gasteiger charge is -2.62. The van der Waals surface area contributed by atoms with Crippen LogP contribution in [0.25, 0.3) is 0 Å². The normalized spacial score (nSPS) is 56.5. The quantitative estimate of drug-likeness (QED) is 0.745. The number of halogens is 1. The van der Waals surface area contributed by atoms with Crippen molar-refractivity contribution in [3.05, 3.63) is 0 Å². The first-order valence-corrected chi connectivity index (χ1v) is 9.31. The summed E-state index contributed by atoms with van der Waals surface area (Å²) < 4.78 is 0. The summed E-state index contributed by atoms with van der Waals surface area (Å²) in [6.45, 7) is 0. The Labute approximate surface area is 147 Å². The predicted octanol–water partition coefficient (Wildman–Crippen LogP) is 1.23. The zero-order valence-corrected chi connectivity index (χ0v) is 14.6. The number of carbonyl (C=O) groups excluding carboxylic acids is 2. The molecule has 0 radical (unpaired) electrons. The molecule has 2 amide bonds. The zero-order chi connectivity index (χ0) is 15.6. The van der Waals surface area contributed by atoms with Crippen molar-refractivity contribution < 1.29 is 14.7 Å². The van der Waals surface area contributed by atoms with Crippen molar-refractivity contribution in [2.45, 2.75) is 75.1 Å². The Morgan fingerprint density at radius 1 is 1.04 bits per heavy atom. The van der Waals surface area contributed by atoms with Crippen LogP contribution in [0, 0.1) is 23.2 Å². The van der Waals surface area contributed by atoms with Crippen LogP contribution in [0.15, 0.2) is 0 Å². The molecule has 0 aromatic heterocycles. The highest BCUT2D eigenvalue weighted by atomic mass is 35.5. The molecule has 0 aromatic rings. The molecule has 0 aromatic carbocycles. The molecule has 2 aliphatic heterocycles. The molecule has 2 heterocycles. The van der Waals surface area contributed by atoms with Gasteiger partial charge in [-0.2, -0.15) is 0 Å². The first-order chi connectivity index (χ1) is 11.0. The van der Waals surface area contributed by atoms with Gasteiger partial charge >= 0.3 is 0 Å². The lowest BCUT2D eigenvalue weighted by atomic mass is 9.46. The Morgan fingerprint density at radius 2 is 1.75 bits per heavy atom. The Hall–Kier alpha value is -0.810. The Kier molecular flexibility index (Phi) is 2.88. The Bertz CT molecular complexity index is 624. The summed E-state index contributed by atoms with van der Waals surface area (Å²) in [5.74, 6) is 1.86. The summed E-state index contributed by atoms with van der Waals surface area (Å²) in [4.78, 5) is 27.8. The van der Waals surface area contributed by atoms with Gasteiger partial charge in [-0.25, -0.2) is 0 Å². The van der Waals surface area contributed by atoms with Gasteiger partial charge in [-0.1, -0.05) is 0 Å². The van der Waals surface area contributed by atoms with Gasteiger partial charge in [0.25, 0.3) is 0 Å². The van der Waals surface area contributed by atoms with Crippen LogP contribution in [0.4, 0.5) is 0 Å². The van der Waals surface area contributed by atoms with Crippen molar-refractivity contribution in [3.63, 3.8) is 0 Å². The van der Waals surface area contributed by atoms with E-state index in [1.54, 1.807) is 0 Å². The van der Waals surface area contributed by atoms with Crippen LogP contribution in [-0.4, -0.2) is 45.5 Å². The summed E-state index contributed by atoms with van der Waals surface area (Å²) in [6, 6.07) is -0.263. The van der Waals surface area contributed by atoms with Gasteiger partial charge in [-0.3, -0.25) is 9.59 Å². The van der Waals surface area contributed by atoms with Gasteiger partial charge in [0, 0.05) is 11.5 Å². The van der Waals surface area contributed by atoms with Gasteiger partial charge in [-0.05, 0) is 69.1 Å². The maximum atomic E-state index is 13.2. The molecule has 2 N–H and O–H groups in total. The Balaban J connectivity index is 0.00000131. The molecule has 24 heavy (non-hydrogen) atoms. The predicted molar refractivity (Wildman–Crippen MR) is 88.4 cm³/mol. The molecule has 5 aliphatic carbocycles. The standard InChI is InChI=1S/C18H24N2O3.ClH/c21-15-13-3-11-2-12(11)20(13)16(22)14(19-15)17-4-9-1-10(5-17)7-18(23,6-9)8-17;/h9-14,23H,1-8H2,(H,19,21);1H/t9-,10+,11-,12-,13+,14+,17?,18?;/m0./s1. The van der Waals surface area contributed by atoms with Gasteiger partial charge in [0.05, 0.1) is 5.60 Å². The lowest BCUT2D eigenvalue weighted by molar-refractivity contribution is -0.186. The first-order valence-electron chi connectivity index (χ1n) is 9.31. The summed E-state index contributed by atoms with van der Waals surface area (Å²) in [5, 5.41) is 14.1. The fourth-order valence-electron chi connectivity index (χ4n) is 7.49. The number of carbonyl (C=O) groups is 2. The summed E-state index contributed by atoms with van der Waals surface area (Å²) in [6.07, 6.45) is 7.67. The van der Waals surface area contributed by atoms with Crippen LogP contribution in [0.3, 0.4) is 0 Å². The van der Waals surface area contributed by atoms with Gasteiger partial charge in [0.1, 0.15) is 12.1 Å². The lowest BCUT2D eigenvalue weighted by Crippen LogP contribution is -2.71. The molecule has 5 nitrogen and oxygen atoms in total. The molecule has 4 bridgehead atoms. The maximum Gasteiger partial charge on any atom is 0.246 e. The maximum absolute atomic E-state index is 13.2. The molecule has 2 saturated heterocycles. The third kappa shape index (κ3) is 1.80. The third-order valence-corrected chi connectivity index (χ3v) is 7.88. The van der Waals surface area contributed by atoms with Gasteiger partial charge < -0.3 is 15.3 Å². The average Bonchev–Trinajstić information content (AvgIpc) is 3.10. The van der Waals surface area contributed by atoms with Crippen molar-refractivity contribution in [2.24, 2.45) is 23.2 Å². The highest BCUT2D eigenvalue weighted by molar-refractivity contribution is 5.98. The van der Waals surface area contributed by atoms with Gasteiger partial charge in [0.2, 0.25) is 11.8 Å². The largest absolute Gasteiger partial charge is 0.390 e. The molecular formula is C18H25ClN2O3. The van der Waals surface area contributed by atoms with E-state index >= 15 is 0 Å². The minimum absolute atomic E-state index is 0. The van der Waals surface area contributed by atoms with E-state index in [9.17, 15) is 14.7 Å². The molecule has 6 heteroatoms. The third-order valence-electron chi connectivity index (χ3n) is 7.88.